The van der Waals surface area contributed by atoms with Gasteiger partial charge in [-0.25, -0.2) is 0 Å². The lowest BCUT2D eigenvalue weighted by Crippen LogP contribution is -3.26. The second kappa shape index (κ2) is 6.00. The van der Waals surface area contributed by atoms with Crippen molar-refractivity contribution in [1.82, 2.24) is 0 Å². The molecule has 1 aliphatic rings. The maximum atomic E-state index is 5.97. The van der Waals surface area contributed by atoms with E-state index >= 15 is 0 Å². The molecular weight excluding hydrogens is 272 g/mol. The number of nitrogens with one attached hydrogen (secondary N) is 2. The molecule has 106 valence electrons. The molecule has 0 amide bonds. The lowest BCUT2D eigenvalue weighted by atomic mass is 10.2. The van der Waals surface area contributed by atoms with E-state index in [2.05, 4.69) is 19.2 Å². The van der Waals surface area contributed by atoms with Crippen molar-refractivity contribution in [1.29, 1.82) is 0 Å². The van der Waals surface area contributed by atoms with Gasteiger partial charge in [0.2, 0.25) is 0 Å². The molecule has 1 saturated heterocycles. The molecule has 0 atom stereocenters. The van der Waals surface area contributed by atoms with Crippen LogP contribution in [0.5, 0.6) is 0 Å². The molecule has 1 aliphatic heterocycles. The first-order valence-corrected chi connectivity index (χ1v) is 7.58. The van der Waals surface area contributed by atoms with Crippen molar-refractivity contribution in [2.75, 3.05) is 33.2 Å². The van der Waals surface area contributed by atoms with Crippen LogP contribution in [0.15, 0.2) is 40.8 Å². The minimum atomic E-state index is 0.755. The van der Waals surface area contributed by atoms with E-state index in [-0.39, 0.29) is 0 Å². The molecule has 2 N–H and O–H groups in total. The van der Waals surface area contributed by atoms with Crippen LogP contribution in [-0.2, 0) is 6.54 Å². The van der Waals surface area contributed by atoms with Gasteiger partial charge in [-0.1, -0.05) is 11.6 Å². The summed E-state index contributed by atoms with van der Waals surface area (Å²) in [6.07, 6.45) is 0. The highest BCUT2D eigenvalue weighted by Crippen LogP contribution is 2.23. The Morgan fingerprint density at radius 2 is 1.70 bits per heavy atom. The fourth-order valence-corrected chi connectivity index (χ4v) is 2.82. The minimum Gasteiger partial charge on any atom is -0.455 e. The largest absolute Gasteiger partial charge is 0.455 e. The van der Waals surface area contributed by atoms with E-state index in [1.165, 1.54) is 26.2 Å². The maximum Gasteiger partial charge on any atom is 0.158 e. The van der Waals surface area contributed by atoms with Crippen molar-refractivity contribution in [3.05, 3.63) is 47.2 Å². The fraction of sp³-hybridized carbons (Fsp3) is 0.375. The molecule has 0 bridgehead atoms. The number of hydrogen-bond donors (Lipinski definition) is 2. The molecule has 2 heterocycles. The number of piperazine rings is 1. The first kappa shape index (κ1) is 13.7. The summed E-state index contributed by atoms with van der Waals surface area (Å²) < 4.78 is 5.97. The van der Waals surface area contributed by atoms with E-state index in [0.29, 0.717) is 0 Å². The Bertz CT molecular complexity index is 556. The number of halogens is 1. The van der Waals surface area contributed by atoms with E-state index in [1.807, 2.05) is 24.3 Å². The van der Waals surface area contributed by atoms with Crippen LogP contribution in [0, 0.1) is 0 Å². The van der Waals surface area contributed by atoms with Gasteiger partial charge in [-0.3, -0.25) is 0 Å². The van der Waals surface area contributed by atoms with Crippen molar-refractivity contribution in [3.8, 4) is 11.3 Å². The van der Waals surface area contributed by atoms with E-state index < -0.39 is 0 Å². The second-order valence-electron chi connectivity index (χ2n) is 5.66. The lowest BCUT2D eigenvalue weighted by molar-refractivity contribution is -1.01. The summed E-state index contributed by atoms with van der Waals surface area (Å²) in [6, 6.07) is 11.9. The highest BCUT2D eigenvalue weighted by atomic mass is 35.5. The molecule has 4 heteroatoms. The molecular formula is C16H21ClN2O+2. The van der Waals surface area contributed by atoms with Gasteiger partial charge in [0.1, 0.15) is 38.5 Å². The summed E-state index contributed by atoms with van der Waals surface area (Å²) in [5, 5.41) is 0.755. The van der Waals surface area contributed by atoms with Crippen molar-refractivity contribution in [3.63, 3.8) is 0 Å². The van der Waals surface area contributed by atoms with Gasteiger partial charge >= 0.3 is 0 Å². The molecule has 20 heavy (non-hydrogen) atoms. The standard InChI is InChI=1S/C16H19ClN2O/c1-18-8-10-19(11-9-18)12-15-6-7-16(20-15)13-2-4-14(17)5-3-13/h2-7H,8-12H2,1H3/p+2. The number of quaternary nitrogens is 2. The van der Waals surface area contributed by atoms with Crippen LogP contribution in [0.1, 0.15) is 5.76 Å². The number of furan rings is 1. The molecule has 1 aromatic heterocycles. The molecule has 3 nitrogen and oxygen atoms in total. The van der Waals surface area contributed by atoms with Crippen LogP contribution in [-0.4, -0.2) is 33.2 Å². The molecule has 0 unspecified atom stereocenters. The monoisotopic (exact) mass is 292 g/mol. The van der Waals surface area contributed by atoms with Gasteiger partial charge in [-0.05, 0) is 36.4 Å². The second-order valence-corrected chi connectivity index (χ2v) is 6.09. The van der Waals surface area contributed by atoms with Crippen molar-refractivity contribution in [2.24, 2.45) is 0 Å². The molecule has 0 spiro atoms. The third-order valence-corrected chi connectivity index (χ3v) is 4.28. The summed E-state index contributed by atoms with van der Waals surface area (Å²) >= 11 is 5.91. The van der Waals surface area contributed by atoms with Crippen molar-refractivity contribution < 1.29 is 14.2 Å². The van der Waals surface area contributed by atoms with Gasteiger partial charge < -0.3 is 14.2 Å². The number of hydrogen-bond acceptors (Lipinski definition) is 1. The average Bonchev–Trinajstić information content (AvgIpc) is 2.91. The average molecular weight is 293 g/mol. The van der Waals surface area contributed by atoms with Gasteiger partial charge in [0.25, 0.3) is 0 Å². The molecule has 2 aromatic rings. The van der Waals surface area contributed by atoms with Crippen LogP contribution in [0.3, 0.4) is 0 Å². The van der Waals surface area contributed by atoms with E-state index in [1.54, 1.807) is 9.80 Å². The zero-order chi connectivity index (χ0) is 13.9. The molecule has 0 saturated carbocycles. The fourth-order valence-electron chi connectivity index (χ4n) is 2.70. The normalized spacial score (nSPS) is 22.9. The third kappa shape index (κ3) is 3.23. The minimum absolute atomic E-state index is 0.755. The van der Waals surface area contributed by atoms with Gasteiger partial charge in [0.05, 0.1) is 7.05 Å². The molecule has 3 rings (SSSR count). The Morgan fingerprint density at radius 1 is 1.00 bits per heavy atom. The summed E-state index contributed by atoms with van der Waals surface area (Å²) in [4.78, 5) is 3.25. The van der Waals surface area contributed by atoms with Crippen LogP contribution in [0.2, 0.25) is 5.02 Å². The number of rotatable bonds is 3. The predicted octanol–water partition coefficient (Wildman–Crippen LogP) is 0.513. The molecule has 1 aromatic carbocycles. The van der Waals surface area contributed by atoms with Crippen molar-refractivity contribution in [2.45, 2.75) is 6.54 Å². The zero-order valence-corrected chi connectivity index (χ0v) is 12.5. The Kier molecular flexibility index (Phi) is 4.10. The summed E-state index contributed by atoms with van der Waals surface area (Å²) in [5.41, 5.74) is 1.08. The predicted molar refractivity (Wildman–Crippen MR) is 80.2 cm³/mol. The number of likely N-dealkylation sites (N-methyl/N-ethyl adjacent to an activating group) is 1. The Morgan fingerprint density at radius 3 is 2.40 bits per heavy atom. The zero-order valence-electron chi connectivity index (χ0n) is 11.8. The summed E-state index contributed by atoms with van der Waals surface area (Å²) in [5.74, 6) is 2.00. The van der Waals surface area contributed by atoms with E-state index in [0.717, 1.165) is 28.7 Å². The van der Waals surface area contributed by atoms with E-state index in [4.69, 9.17) is 16.0 Å². The van der Waals surface area contributed by atoms with Gasteiger partial charge in [-0.15, -0.1) is 0 Å². The Balaban J connectivity index is 1.66. The third-order valence-electron chi connectivity index (χ3n) is 4.03. The quantitative estimate of drug-likeness (QED) is 0.846. The Hall–Kier alpha value is -1.29. The summed E-state index contributed by atoms with van der Waals surface area (Å²) in [6.45, 7) is 5.94. The van der Waals surface area contributed by atoms with Crippen LogP contribution < -0.4 is 9.80 Å². The highest BCUT2D eigenvalue weighted by molar-refractivity contribution is 6.30. The summed E-state index contributed by atoms with van der Waals surface area (Å²) in [7, 11) is 2.27. The van der Waals surface area contributed by atoms with Crippen LogP contribution >= 0.6 is 11.6 Å². The van der Waals surface area contributed by atoms with Crippen LogP contribution in [0.25, 0.3) is 11.3 Å². The lowest BCUT2D eigenvalue weighted by Gasteiger charge is -2.26. The Labute approximate surface area is 124 Å². The molecule has 0 radical (unpaired) electrons. The topological polar surface area (TPSA) is 22.0 Å². The van der Waals surface area contributed by atoms with Gasteiger partial charge in [0.15, 0.2) is 5.76 Å². The SMILES string of the molecule is C[NH+]1CC[NH+](Cc2ccc(-c3ccc(Cl)cc3)o2)CC1. The number of benzene rings is 1. The van der Waals surface area contributed by atoms with E-state index in [9.17, 15) is 0 Å². The first-order chi connectivity index (χ1) is 9.70. The molecule has 0 aliphatic carbocycles. The van der Waals surface area contributed by atoms with Crippen LogP contribution in [0.4, 0.5) is 0 Å². The van der Waals surface area contributed by atoms with Gasteiger partial charge in [-0.2, -0.15) is 0 Å². The first-order valence-electron chi connectivity index (χ1n) is 7.20. The maximum absolute atomic E-state index is 5.97. The smallest absolute Gasteiger partial charge is 0.158 e. The van der Waals surface area contributed by atoms with Gasteiger partial charge in [0, 0.05) is 10.6 Å². The van der Waals surface area contributed by atoms with Crippen molar-refractivity contribution >= 4 is 11.6 Å². The molecule has 1 fully saturated rings. The highest BCUT2D eigenvalue weighted by Gasteiger charge is 2.21.